The summed E-state index contributed by atoms with van der Waals surface area (Å²) in [5.41, 5.74) is 0. The fourth-order valence-electron chi connectivity index (χ4n) is 1.42. The molecule has 1 aromatic rings. The van der Waals surface area contributed by atoms with E-state index in [1.54, 1.807) is 11.8 Å². The van der Waals surface area contributed by atoms with Crippen LogP contribution >= 0.6 is 11.8 Å². The average Bonchev–Trinajstić information content (AvgIpc) is 3.06. The summed E-state index contributed by atoms with van der Waals surface area (Å²) in [6.45, 7) is 1.99. The monoisotopic (exact) mass is 256 g/mol. The van der Waals surface area contributed by atoms with E-state index in [1.165, 1.54) is 20.0 Å². The molecule has 0 saturated heterocycles. The molecule has 2 rings (SSSR count). The van der Waals surface area contributed by atoms with E-state index >= 15 is 0 Å². The average molecular weight is 256 g/mol. The first-order chi connectivity index (χ1) is 8.19. The third-order valence-corrected chi connectivity index (χ3v) is 3.75. The number of carbonyl (C=O) groups is 1. The molecule has 1 heterocycles. The minimum absolute atomic E-state index is 0.186. The second-order valence-corrected chi connectivity index (χ2v) is 5.65. The summed E-state index contributed by atoms with van der Waals surface area (Å²) in [6.07, 6.45) is 2.75. The van der Waals surface area contributed by atoms with Crippen LogP contribution in [0.15, 0.2) is 4.52 Å². The number of thioether (sulfide) groups is 1. The molecule has 1 fully saturated rings. The van der Waals surface area contributed by atoms with Crippen LogP contribution in [0.4, 0.5) is 0 Å². The van der Waals surface area contributed by atoms with Crippen LogP contribution in [0.1, 0.15) is 43.8 Å². The standard InChI is InChI=1S/C11H16N2O3S/c1-7(5-10(14)15-2)17-6-9-12-11(13-16-9)8-3-4-8/h7-8H,3-6H2,1-2H3. The largest absolute Gasteiger partial charge is 0.469 e. The third-order valence-electron chi connectivity index (χ3n) is 2.60. The number of carbonyl (C=O) groups excluding carboxylic acids is 1. The molecule has 1 aliphatic carbocycles. The molecule has 1 unspecified atom stereocenters. The molecule has 0 spiro atoms. The van der Waals surface area contributed by atoms with Gasteiger partial charge in [-0.15, -0.1) is 11.8 Å². The first-order valence-corrected chi connectivity index (χ1v) is 6.75. The van der Waals surface area contributed by atoms with Gasteiger partial charge in [0.2, 0.25) is 5.89 Å². The minimum Gasteiger partial charge on any atom is -0.469 e. The summed E-state index contributed by atoms with van der Waals surface area (Å²) < 4.78 is 9.76. The molecular weight excluding hydrogens is 240 g/mol. The van der Waals surface area contributed by atoms with E-state index in [4.69, 9.17) is 4.52 Å². The summed E-state index contributed by atoms with van der Waals surface area (Å²) in [7, 11) is 1.40. The molecular formula is C11H16N2O3S. The Balaban J connectivity index is 1.74. The van der Waals surface area contributed by atoms with Gasteiger partial charge in [0.25, 0.3) is 0 Å². The van der Waals surface area contributed by atoms with Crippen molar-refractivity contribution in [1.29, 1.82) is 0 Å². The van der Waals surface area contributed by atoms with Crippen LogP contribution in [0.25, 0.3) is 0 Å². The maximum Gasteiger partial charge on any atom is 0.306 e. The highest BCUT2D eigenvalue weighted by atomic mass is 32.2. The number of methoxy groups -OCH3 is 1. The molecule has 0 aromatic carbocycles. The summed E-state index contributed by atoms with van der Waals surface area (Å²) in [5.74, 6) is 2.46. The van der Waals surface area contributed by atoms with E-state index in [2.05, 4.69) is 14.9 Å². The normalized spacial score (nSPS) is 16.8. The SMILES string of the molecule is COC(=O)CC(C)SCc1nc(C2CC2)no1. The first-order valence-electron chi connectivity index (χ1n) is 5.70. The van der Waals surface area contributed by atoms with E-state index in [0.29, 0.717) is 24.0 Å². The van der Waals surface area contributed by atoms with Gasteiger partial charge in [-0.25, -0.2) is 0 Å². The Labute approximate surface area is 104 Å². The van der Waals surface area contributed by atoms with Crippen LogP contribution in [0.2, 0.25) is 0 Å². The number of aromatic nitrogens is 2. The number of nitrogens with zero attached hydrogens (tertiary/aromatic N) is 2. The molecule has 94 valence electrons. The predicted molar refractivity (Wildman–Crippen MR) is 63.7 cm³/mol. The molecule has 0 bridgehead atoms. The molecule has 1 atom stereocenters. The topological polar surface area (TPSA) is 65.2 Å². The van der Waals surface area contributed by atoms with Crippen LogP contribution in [-0.4, -0.2) is 28.5 Å². The van der Waals surface area contributed by atoms with Gasteiger partial charge in [0.1, 0.15) is 0 Å². The van der Waals surface area contributed by atoms with Gasteiger partial charge in [-0.2, -0.15) is 4.98 Å². The van der Waals surface area contributed by atoms with Crippen molar-refractivity contribution in [2.45, 2.75) is 43.1 Å². The van der Waals surface area contributed by atoms with Crippen LogP contribution in [0, 0.1) is 0 Å². The molecule has 6 heteroatoms. The highest BCUT2D eigenvalue weighted by Gasteiger charge is 2.28. The molecule has 0 radical (unpaired) electrons. The number of rotatable bonds is 6. The summed E-state index contributed by atoms with van der Waals surface area (Å²) in [5, 5.41) is 4.14. The van der Waals surface area contributed by atoms with Crippen molar-refractivity contribution in [3.63, 3.8) is 0 Å². The van der Waals surface area contributed by atoms with Crippen LogP contribution in [-0.2, 0) is 15.3 Å². The molecule has 0 N–H and O–H groups in total. The van der Waals surface area contributed by atoms with E-state index in [0.717, 1.165) is 5.82 Å². The Morgan fingerprint density at radius 1 is 1.65 bits per heavy atom. The molecule has 1 aromatic heterocycles. The van der Waals surface area contributed by atoms with Gasteiger partial charge >= 0.3 is 5.97 Å². The third kappa shape index (κ3) is 3.73. The van der Waals surface area contributed by atoms with Crippen molar-refractivity contribution >= 4 is 17.7 Å². The quantitative estimate of drug-likeness (QED) is 0.726. The van der Waals surface area contributed by atoms with E-state index < -0.39 is 0 Å². The molecule has 17 heavy (non-hydrogen) atoms. The first kappa shape index (κ1) is 12.4. The van der Waals surface area contributed by atoms with Crippen molar-refractivity contribution in [3.8, 4) is 0 Å². The zero-order valence-electron chi connectivity index (χ0n) is 10.0. The van der Waals surface area contributed by atoms with Crippen molar-refractivity contribution in [2.24, 2.45) is 0 Å². The maximum absolute atomic E-state index is 11.0. The zero-order chi connectivity index (χ0) is 12.3. The number of hydrogen-bond donors (Lipinski definition) is 0. The second kappa shape index (κ2) is 5.53. The zero-order valence-corrected chi connectivity index (χ0v) is 10.8. The maximum atomic E-state index is 11.0. The Hall–Kier alpha value is -1.04. The minimum atomic E-state index is -0.186. The number of hydrogen-bond acceptors (Lipinski definition) is 6. The lowest BCUT2D eigenvalue weighted by Gasteiger charge is -2.07. The van der Waals surface area contributed by atoms with Crippen molar-refractivity contribution < 1.29 is 14.1 Å². The van der Waals surface area contributed by atoms with Gasteiger partial charge in [-0.3, -0.25) is 4.79 Å². The predicted octanol–water partition coefficient (Wildman–Crippen LogP) is 2.13. The Morgan fingerprint density at radius 3 is 3.06 bits per heavy atom. The summed E-state index contributed by atoms with van der Waals surface area (Å²) in [4.78, 5) is 15.4. The lowest BCUT2D eigenvalue weighted by Crippen LogP contribution is -2.08. The Morgan fingerprint density at radius 2 is 2.41 bits per heavy atom. The molecule has 1 saturated carbocycles. The molecule has 5 nitrogen and oxygen atoms in total. The van der Waals surface area contributed by atoms with Gasteiger partial charge in [0, 0.05) is 11.2 Å². The second-order valence-electron chi connectivity index (χ2n) is 4.22. The van der Waals surface area contributed by atoms with E-state index in [9.17, 15) is 4.79 Å². The fraction of sp³-hybridized carbons (Fsp3) is 0.727. The number of esters is 1. The van der Waals surface area contributed by atoms with Gasteiger partial charge in [-0.05, 0) is 12.8 Å². The molecule has 1 aliphatic rings. The van der Waals surface area contributed by atoms with Crippen LogP contribution in [0.3, 0.4) is 0 Å². The van der Waals surface area contributed by atoms with Gasteiger partial charge in [0.15, 0.2) is 5.82 Å². The van der Waals surface area contributed by atoms with Crippen LogP contribution < -0.4 is 0 Å². The van der Waals surface area contributed by atoms with Crippen LogP contribution in [0.5, 0.6) is 0 Å². The molecule has 0 aliphatic heterocycles. The van der Waals surface area contributed by atoms with Gasteiger partial charge in [-0.1, -0.05) is 12.1 Å². The summed E-state index contributed by atoms with van der Waals surface area (Å²) in [6, 6.07) is 0. The van der Waals surface area contributed by atoms with E-state index in [-0.39, 0.29) is 11.2 Å². The van der Waals surface area contributed by atoms with Crippen molar-refractivity contribution in [3.05, 3.63) is 11.7 Å². The number of ether oxygens (including phenoxy) is 1. The summed E-state index contributed by atoms with van der Waals surface area (Å²) >= 11 is 1.62. The fourth-order valence-corrected chi connectivity index (χ4v) is 2.22. The van der Waals surface area contributed by atoms with Crippen molar-refractivity contribution in [2.75, 3.05) is 7.11 Å². The highest BCUT2D eigenvalue weighted by Crippen LogP contribution is 2.38. The van der Waals surface area contributed by atoms with Gasteiger partial charge < -0.3 is 9.26 Å². The van der Waals surface area contributed by atoms with E-state index in [1.807, 2.05) is 6.92 Å². The molecule has 0 amide bonds. The Bertz CT molecular complexity index is 390. The lowest BCUT2D eigenvalue weighted by molar-refractivity contribution is -0.140. The Kier molecular flexibility index (Phi) is 4.04. The van der Waals surface area contributed by atoms with Gasteiger partial charge in [0.05, 0.1) is 19.3 Å². The lowest BCUT2D eigenvalue weighted by atomic mass is 10.3. The van der Waals surface area contributed by atoms with Crippen molar-refractivity contribution in [1.82, 2.24) is 10.1 Å². The highest BCUT2D eigenvalue weighted by molar-refractivity contribution is 7.99. The smallest absolute Gasteiger partial charge is 0.306 e.